The number of ketones is 1. The number of rotatable bonds is 13. The number of aromatic nitrogens is 1. The number of ether oxygens (including phenoxy) is 1. The number of anilines is 1. The van der Waals surface area contributed by atoms with E-state index in [4.69, 9.17) is 4.74 Å². The first kappa shape index (κ1) is 32.9. The van der Waals surface area contributed by atoms with Gasteiger partial charge in [0, 0.05) is 42.7 Å². The van der Waals surface area contributed by atoms with Crippen LogP contribution < -0.4 is 19.7 Å². The number of carbonyl (C=O) groups is 3. The molecular weight excluding hydrogens is 608 g/mol. The molecule has 238 valence electrons. The summed E-state index contributed by atoms with van der Waals surface area (Å²) in [6.45, 7) is 2.80. The number of amides is 2. The largest absolute Gasteiger partial charge is 0.479 e. The summed E-state index contributed by atoms with van der Waals surface area (Å²) in [6, 6.07) is 4.01. The Morgan fingerprint density at radius 3 is 2.43 bits per heavy atom. The minimum Gasteiger partial charge on any atom is -0.479 e. The molecule has 4 rings (SSSR count). The Kier molecular flexibility index (Phi) is 10.3. The summed E-state index contributed by atoms with van der Waals surface area (Å²) in [5.74, 6) is -11.7. The van der Waals surface area contributed by atoms with E-state index in [1.54, 1.807) is 44.3 Å². The number of aryl methyl sites for hydroxylation is 1. The van der Waals surface area contributed by atoms with E-state index in [1.165, 1.54) is 0 Å². The van der Waals surface area contributed by atoms with Crippen molar-refractivity contribution < 1.29 is 45.4 Å². The zero-order chi connectivity index (χ0) is 32.3. The maximum atomic E-state index is 14.1. The summed E-state index contributed by atoms with van der Waals surface area (Å²) in [7, 11) is 1.83. The number of fused-ring (bicyclic) bond motifs is 1. The molecule has 1 fully saturated rings. The van der Waals surface area contributed by atoms with Gasteiger partial charge >= 0.3 is 0 Å². The molecule has 3 aromatic rings. The van der Waals surface area contributed by atoms with E-state index < -0.39 is 76.6 Å². The number of halogens is 4. The standard InChI is InChI=1S/C29H32F4N4O6S/c1-15(2)10-23(37(44(41)42)18-4-5-22-16(11-18)7-9-36(22)3)29(40)35-21(12-17-6-8-34-28(17)39)24(38)14-43-27-25(32)19(30)13-20(31)26(27)33/h4-5,7,9,11,13,15,17,21,23H,6,8,10,12,14H2,1-3H3,(H,34,39)(H,35,40)(H,41,42)/t17-,21-,23-/m0/s1. The molecule has 4 atom stereocenters. The van der Waals surface area contributed by atoms with Gasteiger partial charge in [-0.15, -0.1) is 0 Å². The Balaban J connectivity index is 1.63. The molecule has 1 aliphatic heterocycles. The minimum atomic E-state index is -2.69. The van der Waals surface area contributed by atoms with E-state index in [9.17, 15) is 40.7 Å². The van der Waals surface area contributed by atoms with Crippen molar-refractivity contribution in [1.82, 2.24) is 15.2 Å². The number of benzene rings is 2. The molecule has 2 heterocycles. The molecule has 1 saturated heterocycles. The molecular formula is C29H32F4N4O6S. The Morgan fingerprint density at radius 1 is 1.16 bits per heavy atom. The van der Waals surface area contributed by atoms with Crippen molar-refractivity contribution in [3.8, 4) is 5.75 Å². The number of carbonyl (C=O) groups excluding carboxylic acids is 3. The third-order valence-electron chi connectivity index (χ3n) is 7.39. The molecule has 0 radical (unpaired) electrons. The predicted octanol–water partition coefficient (Wildman–Crippen LogP) is 3.75. The van der Waals surface area contributed by atoms with Gasteiger partial charge in [-0.1, -0.05) is 13.8 Å². The predicted molar refractivity (Wildman–Crippen MR) is 154 cm³/mol. The van der Waals surface area contributed by atoms with Gasteiger partial charge in [-0.25, -0.2) is 13.0 Å². The maximum Gasteiger partial charge on any atom is 0.262 e. The smallest absolute Gasteiger partial charge is 0.262 e. The second kappa shape index (κ2) is 13.8. The van der Waals surface area contributed by atoms with Crippen LogP contribution >= 0.6 is 0 Å². The fourth-order valence-corrected chi connectivity index (χ4v) is 5.85. The molecule has 44 heavy (non-hydrogen) atoms. The van der Waals surface area contributed by atoms with Crippen LogP contribution in [0.5, 0.6) is 5.75 Å². The van der Waals surface area contributed by atoms with Crippen molar-refractivity contribution in [2.75, 3.05) is 17.5 Å². The molecule has 15 heteroatoms. The van der Waals surface area contributed by atoms with E-state index in [0.717, 1.165) is 15.2 Å². The molecule has 3 N–H and O–H groups in total. The summed E-state index contributed by atoms with van der Waals surface area (Å²) < 4.78 is 86.3. The molecule has 2 amide bonds. The lowest BCUT2D eigenvalue weighted by molar-refractivity contribution is -0.131. The second-order valence-electron chi connectivity index (χ2n) is 11.0. The molecule has 2 aromatic carbocycles. The zero-order valence-electron chi connectivity index (χ0n) is 24.1. The van der Waals surface area contributed by atoms with Crippen molar-refractivity contribution in [2.45, 2.75) is 45.2 Å². The lowest BCUT2D eigenvalue weighted by Crippen LogP contribution is -2.54. The Hall–Kier alpha value is -3.98. The van der Waals surface area contributed by atoms with Gasteiger partial charge in [0.05, 0.1) is 11.7 Å². The summed E-state index contributed by atoms with van der Waals surface area (Å²) in [5, 5.41) is 5.89. The highest BCUT2D eigenvalue weighted by molar-refractivity contribution is 7.80. The summed E-state index contributed by atoms with van der Waals surface area (Å²) in [5.41, 5.74) is 1.10. The number of nitrogens with one attached hydrogen (secondary N) is 2. The average Bonchev–Trinajstić information content (AvgIpc) is 3.54. The van der Waals surface area contributed by atoms with Crippen LogP contribution in [0.3, 0.4) is 0 Å². The van der Waals surface area contributed by atoms with Gasteiger partial charge in [-0.05, 0) is 49.4 Å². The topological polar surface area (TPSA) is 130 Å². The lowest BCUT2D eigenvalue weighted by Gasteiger charge is -2.32. The molecule has 0 spiro atoms. The summed E-state index contributed by atoms with van der Waals surface area (Å²) in [6.07, 6.45) is 1.98. The van der Waals surface area contributed by atoms with Gasteiger partial charge in [0.25, 0.3) is 11.3 Å². The molecule has 1 aromatic heterocycles. The van der Waals surface area contributed by atoms with E-state index in [1.807, 2.05) is 11.6 Å². The first-order chi connectivity index (χ1) is 20.8. The molecule has 0 aliphatic carbocycles. The van der Waals surface area contributed by atoms with Gasteiger partial charge in [0.2, 0.25) is 23.4 Å². The van der Waals surface area contributed by atoms with Crippen LogP contribution in [0.15, 0.2) is 36.5 Å². The monoisotopic (exact) mass is 640 g/mol. The van der Waals surface area contributed by atoms with Crippen LogP contribution in [-0.2, 0) is 32.7 Å². The van der Waals surface area contributed by atoms with Crippen molar-refractivity contribution in [1.29, 1.82) is 0 Å². The lowest BCUT2D eigenvalue weighted by atomic mass is 9.95. The van der Waals surface area contributed by atoms with Gasteiger partial charge in [0.1, 0.15) is 12.6 Å². The molecule has 1 aliphatic rings. The van der Waals surface area contributed by atoms with Gasteiger partial charge < -0.3 is 19.9 Å². The van der Waals surface area contributed by atoms with Crippen LogP contribution in [0.4, 0.5) is 23.2 Å². The normalized spacial score (nSPS) is 16.9. The van der Waals surface area contributed by atoms with E-state index in [2.05, 4.69) is 10.6 Å². The maximum absolute atomic E-state index is 14.1. The fourth-order valence-electron chi connectivity index (χ4n) is 5.16. The molecule has 10 nitrogen and oxygen atoms in total. The number of hydrogen-bond acceptors (Lipinski definition) is 5. The Labute approximate surface area is 253 Å². The SMILES string of the molecule is CC(C)C[C@@H](C(=O)N[C@@H](C[C@@H]1CCNC1=O)C(=O)COc1c(F)c(F)cc(F)c1F)N(c1ccc2c(ccn2C)c1)S(=O)O. The summed E-state index contributed by atoms with van der Waals surface area (Å²) in [4.78, 5) is 39.4. The van der Waals surface area contributed by atoms with Crippen molar-refractivity contribution in [3.63, 3.8) is 0 Å². The van der Waals surface area contributed by atoms with Crippen LogP contribution in [0.2, 0.25) is 0 Å². The van der Waals surface area contributed by atoms with Crippen LogP contribution in [0, 0.1) is 35.1 Å². The Bertz CT molecular complexity index is 1570. The summed E-state index contributed by atoms with van der Waals surface area (Å²) >= 11 is -2.69. The third-order valence-corrected chi connectivity index (χ3v) is 8.19. The molecule has 0 saturated carbocycles. The van der Waals surface area contributed by atoms with Gasteiger partial charge in [-0.3, -0.25) is 23.2 Å². The number of hydrogen-bond donors (Lipinski definition) is 3. The zero-order valence-corrected chi connectivity index (χ0v) is 24.9. The van der Waals surface area contributed by atoms with Crippen LogP contribution in [-0.4, -0.2) is 56.2 Å². The van der Waals surface area contributed by atoms with Crippen LogP contribution in [0.25, 0.3) is 10.9 Å². The molecule has 0 bridgehead atoms. The molecule has 1 unspecified atom stereocenters. The highest BCUT2D eigenvalue weighted by Crippen LogP contribution is 2.29. The van der Waals surface area contributed by atoms with Crippen molar-refractivity contribution >= 4 is 45.5 Å². The average molecular weight is 641 g/mol. The first-order valence-electron chi connectivity index (χ1n) is 13.8. The Morgan fingerprint density at radius 2 is 1.84 bits per heavy atom. The van der Waals surface area contributed by atoms with E-state index >= 15 is 0 Å². The third kappa shape index (κ3) is 7.21. The first-order valence-corrected chi connectivity index (χ1v) is 14.9. The minimum absolute atomic E-state index is 0.0116. The van der Waals surface area contributed by atoms with Crippen molar-refractivity contribution in [3.05, 3.63) is 59.8 Å². The second-order valence-corrected chi connectivity index (χ2v) is 11.9. The van der Waals surface area contributed by atoms with E-state index in [-0.39, 0.29) is 36.4 Å². The van der Waals surface area contributed by atoms with Crippen molar-refractivity contribution in [2.24, 2.45) is 18.9 Å². The van der Waals surface area contributed by atoms with Gasteiger partial charge in [-0.2, -0.15) is 8.78 Å². The van der Waals surface area contributed by atoms with Gasteiger partial charge in [0.15, 0.2) is 23.2 Å². The van der Waals surface area contributed by atoms with E-state index in [0.29, 0.717) is 13.0 Å². The number of nitrogens with zero attached hydrogens (tertiary/aromatic N) is 2. The highest BCUT2D eigenvalue weighted by atomic mass is 32.2. The quantitative estimate of drug-likeness (QED) is 0.148. The number of Topliss-reactive ketones (excluding diaryl/α,β-unsaturated/α-hetero) is 1. The fraction of sp³-hybridized carbons (Fsp3) is 0.414. The van der Waals surface area contributed by atoms with Crippen LogP contribution in [0.1, 0.15) is 33.1 Å². The highest BCUT2D eigenvalue weighted by Gasteiger charge is 2.36.